The van der Waals surface area contributed by atoms with E-state index in [-0.39, 0.29) is 11.7 Å². The van der Waals surface area contributed by atoms with Crippen molar-refractivity contribution in [3.8, 4) is 0 Å². The lowest BCUT2D eigenvalue weighted by Gasteiger charge is -2.25. The molecule has 1 aliphatic heterocycles. The summed E-state index contributed by atoms with van der Waals surface area (Å²) < 4.78 is 0. The Morgan fingerprint density at radius 1 is 1.53 bits per heavy atom. The number of aromatic amines is 1. The van der Waals surface area contributed by atoms with Crippen molar-refractivity contribution in [2.75, 3.05) is 26.2 Å². The van der Waals surface area contributed by atoms with Crippen molar-refractivity contribution < 1.29 is 4.79 Å². The molecule has 1 saturated heterocycles. The van der Waals surface area contributed by atoms with Crippen LogP contribution in [0.2, 0.25) is 0 Å². The molecule has 1 aliphatic rings. The van der Waals surface area contributed by atoms with Crippen LogP contribution in [0.25, 0.3) is 0 Å². The number of rotatable bonds is 4. The van der Waals surface area contributed by atoms with Crippen molar-refractivity contribution in [2.45, 2.75) is 26.3 Å². The zero-order valence-electron chi connectivity index (χ0n) is 10.3. The first-order chi connectivity index (χ1) is 8.26. The summed E-state index contributed by atoms with van der Waals surface area (Å²) >= 11 is 0. The van der Waals surface area contributed by atoms with Crippen molar-refractivity contribution in [2.24, 2.45) is 0 Å². The number of carbonyl (C=O) groups excluding carboxylic acids is 1. The van der Waals surface area contributed by atoms with E-state index in [1.54, 1.807) is 4.90 Å². The maximum atomic E-state index is 12.0. The number of likely N-dealkylation sites (tertiary alicyclic amines) is 1. The number of aromatic nitrogens is 4. The van der Waals surface area contributed by atoms with Crippen LogP contribution in [0.3, 0.4) is 0 Å². The lowest BCUT2D eigenvalue weighted by molar-refractivity contribution is 0.0766. The monoisotopic (exact) mass is 238 g/mol. The van der Waals surface area contributed by atoms with Crippen LogP contribution in [0, 0.1) is 0 Å². The van der Waals surface area contributed by atoms with Gasteiger partial charge in [-0.1, -0.05) is 13.8 Å². The number of H-pyrrole nitrogens is 1. The summed E-state index contributed by atoms with van der Waals surface area (Å²) in [7, 11) is 0. The molecule has 94 valence electrons. The summed E-state index contributed by atoms with van der Waals surface area (Å²) in [5.74, 6) is 0.0265. The van der Waals surface area contributed by atoms with E-state index < -0.39 is 0 Å². The number of hydrogen-bond acceptors (Lipinski definition) is 5. The average Bonchev–Trinajstić information content (AvgIpc) is 3.01. The Morgan fingerprint density at radius 3 is 2.88 bits per heavy atom. The minimum atomic E-state index is -0.131. The Bertz CT molecular complexity index is 361. The van der Waals surface area contributed by atoms with Crippen molar-refractivity contribution in [1.82, 2.24) is 30.4 Å². The predicted octanol–water partition coefficient (Wildman–Crippen LogP) is -0.244. The molecule has 17 heavy (non-hydrogen) atoms. The van der Waals surface area contributed by atoms with Gasteiger partial charge in [0.05, 0.1) is 0 Å². The van der Waals surface area contributed by atoms with Gasteiger partial charge in [0.1, 0.15) is 0 Å². The molecule has 1 fully saturated rings. The van der Waals surface area contributed by atoms with E-state index in [2.05, 4.69) is 39.4 Å². The first-order valence-corrected chi connectivity index (χ1v) is 6.03. The lowest BCUT2D eigenvalue weighted by Crippen LogP contribution is -2.38. The van der Waals surface area contributed by atoms with E-state index in [4.69, 9.17) is 0 Å². The van der Waals surface area contributed by atoms with E-state index >= 15 is 0 Å². The molecule has 1 amide bonds. The van der Waals surface area contributed by atoms with Crippen LogP contribution < -0.4 is 0 Å². The second-order valence-electron chi connectivity index (χ2n) is 4.15. The summed E-state index contributed by atoms with van der Waals surface area (Å²) in [5, 5.41) is 13.1. The highest BCUT2D eigenvalue weighted by molar-refractivity contribution is 5.90. The lowest BCUT2D eigenvalue weighted by atomic mass is 10.2. The van der Waals surface area contributed by atoms with Gasteiger partial charge in [-0.3, -0.25) is 9.69 Å². The first kappa shape index (κ1) is 12.0. The van der Waals surface area contributed by atoms with Crippen LogP contribution in [-0.2, 0) is 0 Å². The molecule has 7 nitrogen and oxygen atoms in total. The number of carbonyl (C=O) groups is 1. The molecule has 0 saturated carbocycles. The summed E-state index contributed by atoms with van der Waals surface area (Å²) in [6.45, 7) is 7.86. The quantitative estimate of drug-likeness (QED) is 0.783. The van der Waals surface area contributed by atoms with Gasteiger partial charge < -0.3 is 4.90 Å². The normalized spacial score (nSPS) is 20.2. The highest BCUT2D eigenvalue weighted by atomic mass is 16.2. The molecule has 0 aliphatic carbocycles. The van der Waals surface area contributed by atoms with Gasteiger partial charge in [-0.2, -0.15) is 5.21 Å². The largest absolute Gasteiger partial charge is 0.334 e. The molecular weight excluding hydrogens is 220 g/mol. The Labute approximate surface area is 100 Å². The minimum Gasteiger partial charge on any atom is -0.334 e. The van der Waals surface area contributed by atoms with Crippen LogP contribution in [0.5, 0.6) is 0 Å². The molecule has 1 atom stereocenters. The molecule has 1 aromatic heterocycles. The van der Waals surface area contributed by atoms with Gasteiger partial charge in [0.15, 0.2) is 0 Å². The van der Waals surface area contributed by atoms with Crippen molar-refractivity contribution >= 4 is 5.91 Å². The molecular formula is C10H18N6O. The summed E-state index contributed by atoms with van der Waals surface area (Å²) in [5.41, 5.74) is 0. The number of nitrogens with zero attached hydrogens (tertiary/aromatic N) is 5. The fourth-order valence-electron chi connectivity index (χ4n) is 2.36. The van der Waals surface area contributed by atoms with Crippen molar-refractivity contribution in [1.29, 1.82) is 0 Å². The van der Waals surface area contributed by atoms with Gasteiger partial charge in [0, 0.05) is 19.1 Å². The maximum Gasteiger partial charge on any atom is 0.295 e. The van der Waals surface area contributed by atoms with Gasteiger partial charge in [-0.25, -0.2) is 0 Å². The van der Waals surface area contributed by atoms with E-state index in [1.807, 2.05) is 0 Å². The third kappa shape index (κ3) is 2.44. The second kappa shape index (κ2) is 5.22. The Morgan fingerprint density at radius 2 is 2.29 bits per heavy atom. The van der Waals surface area contributed by atoms with Gasteiger partial charge >= 0.3 is 0 Å². The Hall–Kier alpha value is -1.50. The fourth-order valence-corrected chi connectivity index (χ4v) is 2.36. The smallest absolute Gasteiger partial charge is 0.295 e. The third-order valence-corrected chi connectivity index (χ3v) is 3.32. The van der Waals surface area contributed by atoms with Crippen LogP contribution >= 0.6 is 0 Å². The maximum absolute atomic E-state index is 12.0. The standard InChI is InChI=1S/C10H18N6O/c1-3-15(4-2)8-5-6-16(7-8)10(17)9-11-13-14-12-9/h8H,3-7H2,1-2H3,(H,11,12,13,14). The Kier molecular flexibility index (Phi) is 3.68. The van der Waals surface area contributed by atoms with Crippen molar-refractivity contribution in [3.05, 3.63) is 5.82 Å². The molecule has 2 rings (SSSR count). The van der Waals surface area contributed by atoms with Gasteiger partial charge in [-0.05, 0) is 24.7 Å². The number of tetrazole rings is 1. The van der Waals surface area contributed by atoms with E-state index in [0.717, 1.165) is 32.6 Å². The Balaban J connectivity index is 1.96. The van der Waals surface area contributed by atoms with Gasteiger partial charge in [0.2, 0.25) is 0 Å². The van der Waals surface area contributed by atoms with Crippen LogP contribution in [-0.4, -0.2) is 68.6 Å². The molecule has 0 bridgehead atoms. The zero-order valence-corrected chi connectivity index (χ0v) is 10.3. The molecule has 1 aromatic rings. The predicted molar refractivity (Wildman–Crippen MR) is 61.4 cm³/mol. The first-order valence-electron chi connectivity index (χ1n) is 6.03. The number of nitrogens with one attached hydrogen (secondary N) is 1. The molecule has 0 spiro atoms. The minimum absolute atomic E-state index is 0.131. The molecule has 0 radical (unpaired) electrons. The zero-order chi connectivity index (χ0) is 12.3. The third-order valence-electron chi connectivity index (χ3n) is 3.32. The second-order valence-corrected chi connectivity index (χ2v) is 4.15. The molecule has 1 N–H and O–H groups in total. The van der Waals surface area contributed by atoms with E-state index in [1.165, 1.54) is 0 Å². The highest BCUT2D eigenvalue weighted by Crippen LogP contribution is 2.16. The van der Waals surface area contributed by atoms with Gasteiger partial charge in [0.25, 0.3) is 11.7 Å². The van der Waals surface area contributed by atoms with Crippen LogP contribution in [0.4, 0.5) is 0 Å². The average molecular weight is 238 g/mol. The summed E-state index contributed by atoms with van der Waals surface area (Å²) in [4.78, 5) is 16.2. The molecule has 1 unspecified atom stereocenters. The van der Waals surface area contributed by atoms with Crippen LogP contribution in [0.15, 0.2) is 0 Å². The SMILES string of the molecule is CCN(CC)C1CCN(C(=O)c2nn[nH]n2)C1. The van der Waals surface area contributed by atoms with Crippen molar-refractivity contribution in [3.63, 3.8) is 0 Å². The van der Waals surface area contributed by atoms with Crippen LogP contribution in [0.1, 0.15) is 30.9 Å². The molecule has 0 aromatic carbocycles. The molecule has 2 heterocycles. The number of likely N-dealkylation sites (N-methyl/N-ethyl adjacent to an activating group) is 1. The number of amides is 1. The summed E-state index contributed by atoms with van der Waals surface area (Å²) in [6, 6.07) is 0.459. The topological polar surface area (TPSA) is 78.0 Å². The fraction of sp³-hybridized carbons (Fsp3) is 0.800. The molecule has 7 heteroatoms. The highest BCUT2D eigenvalue weighted by Gasteiger charge is 2.31. The van der Waals surface area contributed by atoms with E-state index in [0.29, 0.717) is 6.04 Å². The van der Waals surface area contributed by atoms with E-state index in [9.17, 15) is 4.79 Å². The number of hydrogen-bond donors (Lipinski definition) is 1. The summed E-state index contributed by atoms with van der Waals surface area (Å²) in [6.07, 6.45) is 1.02. The van der Waals surface area contributed by atoms with Gasteiger partial charge in [-0.15, -0.1) is 10.2 Å².